The van der Waals surface area contributed by atoms with Gasteiger partial charge >= 0.3 is 6.18 Å². The van der Waals surface area contributed by atoms with E-state index < -0.39 is 12.2 Å². The molecule has 1 saturated heterocycles. The van der Waals surface area contributed by atoms with Gasteiger partial charge in [0.2, 0.25) is 0 Å². The largest absolute Gasteiger partial charge is 0.404 e. The van der Waals surface area contributed by atoms with Crippen LogP contribution in [-0.4, -0.2) is 40.7 Å². The number of nitrogens with one attached hydrogen (secondary N) is 1. The number of benzene rings is 1. The molecule has 1 N–H and O–H groups in total. The van der Waals surface area contributed by atoms with Crippen molar-refractivity contribution < 1.29 is 17.9 Å². The van der Waals surface area contributed by atoms with E-state index in [2.05, 4.69) is 9.97 Å². The van der Waals surface area contributed by atoms with Crippen LogP contribution in [0.1, 0.15) is 24.1 Å². The highest BCUT2D eigenvalue weighted by molar-refractivity contribution is 5.55. The molecule has 5 nitrogen and oxygen atoms in total. The van der Waals surface area contributed by atoms with Crippen molar-refractivity contribution in [1.82, 2.24) is 14.9 Å². The fourth-order valence-electron chi connectivity index (χ4n) is 3.26. The summed E-state index contributed by atoms with van der Waals surface area (Å²) < 4.78 is 44.1. The lowest BCUT2D eigenvalue weighted by Gasteiger charge is -2.26. The van der Waals surface area contributed by atoms with E-state index in [1.54, 1.807) is 24.3 Å². The smallest absolute Gasteiger partial charge is 0.378 e. The molecule has 1 aliphatic heterocycles. The van der Waals surface area contributed by atoms with Gasteiger partial charge in [-0.2, -0.15) is 13.2 Å². The molecule has 26 heavy (non-hydrogen) atoms. The minimum Gasteiger partial charge on any atom is -0.378 e. The molecular weight excluding hydrogens is 347 g/mol. The van der Waals surface area contributed by atoms with E-state index in [9.17, 15) is 18.0 Å². The summed E-state index contributed by atoms with van der Waals surface area (Å²) in [5.41, 5.74) is 1.72. The van der Waals surface area contributed by atoms with Gasteiger partial charge in [-0.1, -0.05) is 24.3 Å². The van der Waals surface area contributed by atoms with Crippen LogP contribution < -0.4 is 5.56 Å². The van der Waals surface area contributed by atoms with E-state index >= 15 is 0 Å². The van der Waals surface area contributed by atoms with Crippen LogP contribution in [0.4, 0.5) is 13.2 Å². The molecule has 8 heteroatoms. The molecule has 0 amide bonds. The Morgan fingerprint density at radius 3 is 2.69 bits per heavy atom. The first-order valence-electron chi connectivity index (χ1n) is 8.36. The van der Waals surface area contributed by atoms with E-state index in [0.29, 0.717) is 30.0 Å². The number of methoxy groups -OCH3 is 1. The van der Waals surface area contributed by atoms with Crippen molar-refractivity contribution in [3.63, 3.8) is 0 Å². The number of likely N-dealkylation sites (tertiary alicyclic amines) is 1. The van der Waals surface area contributed by atoms with E-state index in [1.165, 1.54) is 18.1 Å². The van der Waals surface area contributed by atoms with Gasteiger partial charge in [-0.25, -0.2) is 4.98 Å². The zero-order valence-electron chi connectivity index (χ0n) is 14.3. The third-order valence-electron chi connectivity index (χ3n) is 4.44. The number of aromatic amines is 1. The van der Waals surface area contributed by atoms with Crippen molar-refractivity contribution in [3.8, 4) is 11.4 Å². The highest BCUT2D eigenvalue weighted by Gasteiger charge is 2.45. The van der Waals surface area contributed by atoms with Crippen molar-refractivity contribution in [3.05, 3.63) is 51.9 Å². The number of hydrogen-bond donors (Lipinski definition) is 1. The van der Waals surface area contributed by atoms with Crippen LogP contribution in [0.2, 0.25) is 0 Å². The molecule has 1 aromatic heterocycles. The number of rotatable bonds is 5. The first kappa shape index (κ1) is 18.6. The number of alkyl halides is 3. The Morgan fingerprint density at radius 1 is 1.31 bits per heavy atom. The molecule has 1 atom stereocenters. The lowest BCUT2D eigenvalue weighted by Crippen LogP contribution is -2.40. The van der Waals surface area contributed by atoms with E-state index in [-0.39, 0.29) is 25.1 Å². The van der Waals surface area contributed by atoms with Gasteiger partial charge in [-0.3, -0.25) is 9.69 Å². The van der Waals surface area contributed by atoms with Crippen LogP contribution in [-0.2, 0) is 17.9 Å². The molecule has 140 valence electrons. The Balaban J connectivity index is 1.76. The maximum Gasteiger partial charge on any atom is 0.404 e. The van der Waals surface area contributed by atoms with Crippen molar-refractivity contribution in [2.24, 2.45) is 0 Å². The number of H-pyrrole nitrogens is 1. The Morgan fingerprint density at radius 2 is 2.04 bits per heavy atom. The molecule has 2 aromatic rings. The van der Waals surface area contributed by atoms with E-state index in [1.807, 2.05) is 0 Å². The molecule has 1 aromatic carbocycles. The topological polar surface area (TPSA) is 58.2 Å². The van der Waals surface area contributed by atoms with Crippen LogP contribution in [0.15, 0.2) is 35.1 Å². The van der Waals surface area contributed by atoms with Crippen LogP contribution in [0, 0.1) is 0 Å². The standard InChI is InChI=1S/C18H20F3N3O2/c1-26-11-14-9-16(25)23-17(22-14)13-6-4-12(5-7-13)10-24-8-2-3-15(24)18(19,20)21/h4-7,9,15H,2-3,8,10-11H2,1H3,(H,22,23,25). The zero-order valence-corrected chi connectivity index (χ0v) is 14.3. The first-order valence-corrected chi connectivity index (χ1v) is 8.36. The predicted molar refractivity (Wildman–Crippen MR) is 90.5 cm³/mol. The minimum absolute atomic E-state index is 0.152. The molecule has 0 spiro atoms. The first-order chi connectivity index (χ1) is 12.4. The number of ether oxygens (including phenoxy) is 1. The molecule has 1 fully saturated rings. The minimum atomic E-state index is -4.19. The number of hydrogen-bond acceptors (Lipinski definition) is 4. The molecule has 0 saturated carbocycles. The third-order valence-corrected chi connectivity index (χ3v) is 4.44. The van der Waals surface area contributed by atoms with Crippen molar-refractivity contribution in [1.29, 1.82) is 0 Å². The molecule has 0 bridgehead atoms. The molecule has 1 aliphatic rings. The normalized spacial score (nSPS) is 18.4. The van der Waals surface area contributed by atoms with Gasteiger partial charge in [0.15, 0.2) is 0 Å². The van der Waals surface area contributed by atoms with Gasteiger partial charge in [-0.15, -0.1) is 0 Å². The Kier molecular flexibility index (Phi) is 5.43. The van der Waals surface area contributed by atoms with Crippen LogP contribution in [0.5, 0.6) is 0 Å². The molecule has 3 rings (SSSR count). The summed E-state index contributed by atoms with van der Waals surface area (Å²) >= 11 is 0. The van der Waals surface area contributed by atoms with Gasteiger partial charge in [0.05, 0.1) is 12.3 Å². The van der Waals surface area contributed by atoms with Crippen molar-refractivity contribution in [2.75, 3.05) is 13.7 Å². The Labute approximate surface area is 148 Å². The van der Waals surface area contributed by atoms with Gasteiger partial charge < -0.3 is 9.72 Å². The Hall–Kier alpha value is -2.19. The molecule has 2 heterocycles. The van der Waals surface area contributed by atoms with Gasteiger partial charge in [-0.05, 0) is 24.9 Å². The lowest BCUT2D eigenvalue weighted by atomic mass is 10.1. The van der Waals surface area contributed by atoms with Crippen LogP contribution in [0.25, 0.3) is 11.4 Å². The lowest BCUT2D eigenvalue weighted by molar-refractivity contribution is -0.177. The number of halogens is 3. The summed E-state index contributed by atoms with van der Waals surface area (Å²) in [4.78, 5) is 20.2. The third kappa shape index (κ3) is 4.31. The summed E-state index contributed by atoms with van der Waals surface area (Å²) in [5.74, 6) is 0.408. The molecule has 0 aliphatic carbocycles. The monoisotopic (exact) mass is 367 g/mol. The predicted octanol–water partition coefficient (Wildman–Crippen LogP) is 3.11. The second-order valence-electron chi connectivity index (χ2n) is 6.39. The highest BCUT2D eigenvalue weighted by Crippen LogP contribution is 2.33. The fraction of sp³-hybridized carbons (Fsp3) is 0.444. The van der Waals surface area contributed by atoms with Gasteiger partial charge in [0.25, 0.3) is 5.56 Å². The summed E-state index contributed by atoms with van der Waals surface area (Å²) in [6, 6.07) is 7.04. The maximum absolute atomic E-state index is 13.0. The van der Waals surface area contributed by atoms with Gasteiger partial charge in [0, 0.05) is 25.3 Å². The highest BCUT2D eigenvalue weighted by atomic mass is 19.4. The second-order valence-corrected chi connectivity index (χ2v) is 6.39. The second kappa shape index (κ2) is 7.59. The number of nitrogens with zero attached hydrogens (tertiary/aromatic N) is 2. The van der Waals surface area contributed by atoms with Gasteiger partial charge in [0.1, 0.15) is 11.9 Å². The molecular formula is C18H20F3N3O2. The average Bonchev–Trinajstić information content (AvgIpc) is 3.04. The summed E-state index contributed by atoms with van der Waals surface area (Å²) in [6.45, 7) is 0.917. The number of aromatic nitrogens is 2. The zero-order chi connectivity index (χ0) is 18.7. The Bertz CT molecular complexity index is 803. The van der Waals surface area contributed by atoms with E-state index in [4.69, 9.17) is 4.74 Å². The quantitative estimate of drug-likeness (QED) is 0.882. The SMILES string of the molecule is COCc1cc(=O)[nH]c(-c2ccc(CN3CCCC3C(F)(F)F)cc2)n1. The van der Waals surface area contributed by atoms with Crippen LogP contribution in [0.3, 0.4) is 0 Å². The summed E-state index contributed by atoms with van der Waals surface area (Å²) in [6.07, 6.45) is -3.49. The van der Waals surface area contributed by atoms with Crippen molar-refractivity contribution >= 4 is 0 Å². The molecule has 0 radical (unpaired) electrons. The summed E-state index contributed by atoms with van der Waals surface area (Å²) in [7, 11) is 1.52. The van der Waals surface area contributed by atoms with Crippen molar-refractivity contribution in [2.45, 2.75) is 38.2 Å². The fourth-order valence-corrected chi connectivity index (χ4v) is 3.26. The van der Waals surface area contributed by atoms with E-state index in [0.717, 1.165) is 5.56 Å². The summed E-state index contributed by atoms with van der Waals surface area (Å²) in [5, 5.41) is 0. The van der Waals surface area contributed by atoms with Crippen LogP contribution >= 0.6 is 0 Å². The maximum atomic E-state index is 13.0. The molecule has 1 unspecified atom stereocenters. The average molecular weight is 367 g/mol.